The number of Topliss-reactive ketones (excluding diaryl/α,β-unsaturated/α-hetero) is 1. The van der Waals surface area contributed by atoms with Gasteiger partial charge >= 0.3 is 0 Å². The van der Waals surface area contributed by atoms with Gasteiger partial charge in [0, 0.05) is 0 Å². The molecular formula is C15H24O2. The predicted octanol–water partition coefficient (Wildman–Crippen LogP) is 3.20. The Labute approximate surface area is 104 Å². The van der Waals surface area contributed by atoms with Crippen LogP contribution in [0.2, 0.25) is 0 Å². The van der Waals surface area contributed by atoms with Gasteiger partial charge in [-0.1, -0.05) is 0 Å². The molecule has 0 aromatic rings. The monoisotopic (exact) mass is 236 g/mol. The third kappa shape index (κ3) is 2.16. The summed E-state index contributed by atoms with van der Waals surface area (Å²) in [5.41, 5.74) is 0.443. The minimum Gasteiger partial charge on any atom is -0.370 e. The first-order valence-electron chi connectivity index (χ1n) is 7.18. The number of carbonyl (C=O) groups is 1. The highest BCUT2D eigenvalue weighted by molar-refractivity contribution is 5.79. The molecule has 1 unspecified atom stereocenters. The van der Waals surface area contributed by atoms with Crippen molar-refractivity contribution in [1.29, 1.82) is 0 Å². The molecule has 4 aliphatic rings. The standard InChI is InChI=1S/C15H24O2/c1-10(16)11(2)17-9-15-6-12-3-13(7-15)5-14(4-12)8-15/h11-14H,3-9H2,1-2H3. The van der Waals surface area contributed by atoms with Crippen molar-refractivity contribution in [2.24, 2.45) is 23.2 Å². The highest BCUT2D eigenvalue weighted by atomic mass is 16.5. The number of ketones is 1. The van der Waals surface area contributed by atoms with E-state index in [2.05, 4.69) is 0 Å². The van der Waals surface area contributed by atoms with Crippen molar-refractivity contribution >= 4 is 5.78 Å². The van der Waals surface area contributed by atoms with Gasteiger partial charge < -0.3 is 4.74 Å². The molecule has 0 aromatic carbocycles. The van der Waals surface area contributed by atoms with E-state index < -0.39 is 0 Å². The molecule has 0 N–H and O–H groups in total. The summed E-state index contributed by atoms with van der Waals surface area (Å²) < 4.78 is 5.84. The molecule has 17 heavy (non-hydrogen) atoms. The zero-order chi connectivity index (χ0) is 12.0. The average Bonchev–Trinajstić information content (AvgIpc) is 2.24. The van der Waals surface area contributed by atoms with Crippen molar-refractivity contribution in [3.63, 3.8) is 0 Å². The summed E-state index contributed by atoms with van der Waals surface area (Å²) in [7, 11) is 0. The minimum absolute atomic E-state index is 0.162. The first-order chi connectivity index (χ1) is 8.06. The van der Waals surface area contributed by atoms with Crippen LogP contribution in [0.4, 0.5) is 0 Å². The van der Waals surface area contributed by atoms with E-state index in [4.69, 9.17) is 4.74 Å². The van der Waals surface area contributed by atoms with Gasteiger partial charge in [0.2, 0.25) is 0 Å². The molecule has 2 nitrogen and oxygen atoms in total. The van der Waals surface area contributed by atoms with E-state index in [9.17, 15) is 4.79 Å². The highest BCUT2D eigenvalue weighted by Gasteiger charge is 2.51. The van der Waals surface area contributed by atoms with Gasteiger partial charge in [-0.3, -0.25) is 4.79 Å². The maximum atomic E-state index is 11.2. The fourth-order valence-electron chi connectivity index (χ4n) is 4.89. The van der Waals surface area contributed by atoms with Gasteiger partial charge in [0.15, 0.2) is 5.78 Å². The van der Waals surface area contributed by atoms with Crippen LogP contribution in [-0.4, -0.2) is 18.5 Å². The van der Waals surface area contributed by atoms with E-state index in [0.717, 1.165) is 24.4 Å². The molecule has 4 saturated carbocycles. The number of hydrogen-bond acceptors (Lipinski definition) is 2. The fourth-order valence-corrected chi connectivity index (χ4v) is 4.89. The molecule has 1 atom stereocenters. The van der Waals surface area contributed by atoms with Crippen molar-refractivity contribution in [2.45, 2.75) is 58.5 Å². The lowest BCUT2D eigenvalue weighted by Gasteiger charge is -2.56. The second kappa shape index (κ2) is 4.08. The van der Waals surface area contributed by atoms with Crippen LogP contribution in [-0.2, 0) is 9.53 Å². The summed E-state index contributed by atoms with van der Waals surface area (Å²) >= 11 is 0. The SMILES string of the molecule is CC(=O)C(C)OCC12CC3CC(CC(C3)C1)C2. The van der Waals surface area contributed by atoms with Crippen LogP contribution in [0.1, 0.15) is 52.4 Å². The molecule has 4 aliphatic carbocycles. The molecule has 0 saturated heterocycles. The predicted molar refractivity (Wildman–Crippen MR) is 66.7 cm³/mol. The van der Waals surface area contributed by atoms with Crippen LogP contribution in [0.15, 0.2) is 0 Å². The molecule has 0 spiro atoms. The van der Waals surface area contributed by atoms with Gasteiger partial charge in [-0.15, -0.1) is 0 Å². The van der Waals surface area contributed by atoms with Crippen LogP contribution in [0, 0.1) is 23.2 Å². The summed E-state index contributed by atoms with van der Waals surface area (Å²) in [6, 6.07) is 0. The molecule has 96 valence electrons. The lowest BCUT2D eigenvalue weighted by Crippen LogP contribution is -2.48. The molecule has 4 bridgehead atoms. The first-order valence-corrected chi connectivity index (χ1v) is 7.18. The lowest BCUT2D eigenvalue weighted by molar-refractivity contribution is -0.138. The second-order valence-corrected chi connectivity index (χ2v) is 6.98. The molecule has 2 heteroatoms. The summed E-state index contributed by atoms with van der Waals surface area (Å²) in [5.74, 6) is 3.07. The van der Waals surface area contributed by atoms with Gasteiger partial charge in [-0.2, -0.15) is 0 Å². The highest BCUT2D eigenvalue weighted by Crippen LogP contribution is 2.60. The third-order valence-corrected chi connectivity index (χ3v) is 5.38. The maximum Gasteiger partial charge on any atom is 0.158 e. The molecule has 0 aromatic heterocycles. The minimum atomic E-state index is -0.206. The first kappa shape index (κ1) is 11.7. The Morgan fingerprint density at radius 3 is 2.06 bits per heavy atom. The topological polar surface area (TPSA) is 26.3 Å². The molecule has 4 rings (SSSR count). The van der Waals surface area contributed by atoms with E-state index in [1.165, 1.54) is 38.5 Å². The van der Waals surface area contributed by atoms with Gasteiger partial charge in [-0.25, -0.2) is 0 Å². The van der Waals surface area contributed by atoms with E-state index in [0.29, 0.717) is 5.41 Å². The van der Waals surface area contributed by atoms with Crippen LogP contribution in [0.25, 0.3) is 0 Å². The number of rotatable bonds is 4. The summed E-state index contributed by atoms with van der Waals surface area (Å²) in [5, 5.41) is 0. The Balaban J connectivity index is 1.64. The van der Waals surface area contributed by atoms with Crippen LogP contribution in [0.3, 0.4) is 0 Å². The molecule has 0 radical (unpaired) electrons. The quantitative estimate of drug-likeness (QED) is 0.749. The number of ether oxygens (including phenoxy) is 1. The third-order valence-electron chi connectivity index (χ3n) is 5.38. The van der Waals surface area contributed by atoms with Gasteiger partial charge in [-0.05, 0) is 75.5 Å². The largest absolute Gasteiger partial charge is 0.370 e. The number of carbonyl (C=O) groups excluding carboxylic acids is 1. The summed E-state index contributed by atoms with van der Waals surface area (Å²) in [4.78, 5) is 11.2. The normalized spacial score (nSPS) is 44.9. The van der Waals surface area contributed by atoms with Crippen LogP contribution < -0.4 is 0 Å². The Hall–Kier alpha value is -0.370. The molecular weight excluding hydrogens is 212 g/mol. The van der Waals surface area contributed by atoms with Gasteiger partial charge in [0.1, 0.15) is 6.10 Å². The van der Waals surface area contributed by atoms with Crippen molar-refractivity contribution in [2.75, 3.05) is 6.61 Å². The second-order valence-electron chi connectivity index (χ2n) is 6.98. The zero-order valence-corrected chi connectivity index (χ0v) is 11.1. The lowest BCUT2D eigenvalue weighted by atomic mass is 9.50. The molecule has 0 aliphatic heterocycles. The van der Waals surface area contributed by atoms with Crippen LogP contribution in [0.5, 0.6) is 0 Å². The van der Waals surface area contributed by atoms with Crippen LogP contribution >= 0.6 is 0 Å². The van der Waals surface area contributed by atoms with Gasteiger partial charge in [0.05, 0.1) is 6.61 Å². The average molecular weight is 236 g/mol. The Kier molecular flexibility index (Phi) is 2.81. The van der Waals surface area contributed by atoms with E-state index in [1.54, 1.807) is 6.92 Å². The molecule has 4 fully saturated rings. The molecule has 0 heterocycles. The Bertz CT molecular complexity index is 286. The Morgan fingerprint density at radius 1 is 1.18 bits per heavy atom. The van der Waals surface area contributed by atoms with Gasteiger partial charge in [0.25, 0.3) is 0 Å². The molecule has 0 amide bonds. The summed E-state index contributed by atoms with van der Waals surface area (Å²) in [6.45, 7) is 4.35. The van der Waals surface area contributed by atoms with E-state index >= 15 is 0 Å². The summed E-state index contributed by atoms with van der Waals surface area (Å²) in [6.07, 6.45) is 8.31. The van der Waals surface area contributed by atoms with E-state index in [1.807, 2.05) is 6.92 Å². The van der Waals surface area contributed by atoms with E-state index in [-0.39, 0.29) is 11.9 Å². The van der Waals surface area contributed by atoms with Crippen molar-refractivity contribution < 1.29 is 9.53 Å². The van der Waals surface area contributed by atoms with Crippen molar-refractivity contribution in [3.8, 4) is 0 Å². The van der Waals surface area contributed by atoms with Crippen molar-refractivity contribution in [1.82, 2.24) is 0 Å². The zero-order valence-electron chi connectivity index (χ0n) is 11.1. The smallest absolute Gasteiger partial charge is 0.158 e. The Morgan fingerprint density at radius 2 is 1.65 bits per heavy atom. The maximum absolute atomic E-state index is 11.2. The number of hydrogen-bond donors (Lipinski definition) is 0. The fraction of sp³-hybridized carbons (Fsp3) is 0.933. The van der Waals surface area contributed by atoms with Crippen molar-refractivity contribution in [3.05, 3.63) is 0 Å².